The van der Waals surface area contributed by atoms with Gasteiger partial charge in [0.25, 0.3) is 11.5 Å². The van der Waals surface area contributed by atoms with E-state index < -0.39 is 0 Å². The van der Waals surface area contributed by atoms with Gasteiger partial charge in [-0.25, -0.2) is 0 Å². The first-order valence-electron chi connectivity index (χ1n) is 12.6. The molecule has 6 nitrogen and oxygen atoms in total. The van der Waals surface area contributed by atoms with Crippen LogP contribution >= 0.6 is 24.0 Å². The predicted octanol–water partition coefficient (Wildman–Crippen LogP) is 5.12. The van der Waals surface area contributed by atoms with E-state index in [2.05, 4.69) is 17.9 Å². The fourth-order valence-corrected chi connectivity index (χ4v) is 6.14. The van der Waals surface area contributed by atoms with E-state index in [1.165, 1.54) is 11.8 Å². The first-order chi connectivity index (χ1) is 17.3. The quantitative estimate of drug-likeness (QED) is 0.373. The molecular weight excluding hydrogens is 488 g/mol. The van der Waals surface area contributed by atoms with Gasteiger partial charge >= 0.3 is 0 Å². The minimum Gasteiger partial charge on any atom is -0.357 e. The molecule has 0 spiro atoms. The van der Waals surface area contributed by atoms with Gasteiger partial charge < -0.3 is 4.90 Å². The van der Waals surface area contributed by atoms with Crippen LogP contribution in [-0.2, 0) is 17.8 Å². The summed E-state index contributed by atoms with van der Waals surface area (Å²) in [6.07, 6.45) is 5.43. The van der Waals surface area contributed by atoms with Crippen LogP contribution in [0.2, 0.25) is 0 Å². The van der Waals surface area contributed by atoms with Crippen molar-refractivity contribution in [2.75, 3.05) is 24.5 Å². The van der Waals surface area contributed by atoms with Crippen molar-refractivity contribution in [1.82, 2.24) is 9.47 Å². The van der Waals surface area contributed by atoms with Gasteiger partial charge in [0.2, 0.25) is 0 Å². The number of nitrogens with zero attached hydrogens (tertiary/aromatic N) is 4. The van der Waals surface area contributed by atoms with E-state index in [9.17, 15) is 14.9 Å². The summed E-state index contributed by atoms with van der Waals surface area (Å²) >= 11 is 6.87. The first-order valence-corrected chi connectivity index (χ1v) is 13.8. The lowest BCUT2D eigenvalue weighted by Gasteiger charge is -2.35. The van der Waals surface area contributed by atoms with Crippen LogP contribution in [0.3, 0.4) is 0 Å². The summed E-state index contributed by atoms with van der Waals surface area (Å²) in [7, 11) is 0. The molecule has 2 saturated heterocycles. The van der Waals surface area contributed by atoms with Crippen molar-refractivity contribution in [2.24, 2.45) is 5.92 Å². The maximum Gasteiger partial charge on any atom is 0.270 e. The van der Waals surface area contributed by atoms with E-state index in [4.69, 9.17) is 12.2 Å². The van der Waals surface area contributed by atoms with Gasteiger partial charge in [0, 0.05) is 31.7 Å². The molecule has 3 heterocycles. The smallest absolute Gasteiger partial charge is 0.270 e. The molecule has 0 saturated carbocycles. The number of thioether (sulfide) groups is 1. The molecule has 0 bridgehead atoms. The molecule has 8 heteroatoms. The highest BCUT2D eigenvalue weighted by Gasteiger charge is 2.33. The van der Waals surface area contributed by atoms with Gasteiger partial charge in [-0.05, 0) is 55.7 Å². The number of piperidine rings is 1. The van der Waals surface area contributed by atoms with Gasteiger partial charge in [0.05, 0.1) is 4.91 Å². The van der Waals surface area contributed by atoms with Crippen molar-refractivity contribution in [2.45, 2.75) is 53.0 Å². The zero-order chi connectivity index (χ0) is 25.8. The summed E-state index contributed by atoms with van der Waals surface area (Å²) in [6.45, 7) is 8.81. The Morgan fingerprint density at radius 3 is 2.50 bits per heavy atom. The molecule has 0 radical (unpaired) electrons. The number of rotatable bonds is 7. The first kappa shape index (κ1) is 26.2. The van der Waals surface area contributed by atoms with Crippen LogP contribution in [0.15, 0.2) is 40.0 Å². The van der Waals surface area contributed by atoms with Crippen LogP contribution in [-0.4, -0.2) is 39.3 Å². The van der Waals surface area contributed by atoms with Crippen molar-refractivity contribution < 1.29 is 4.79 Å². The van der Waals surface area contributed by atoms with Gasteiger partial charge in [0.1, 0.15) is 21.8 Å². The lowest BCUT2D eigenvalue weighted by atomic mass is 9.97. The SMILES string of the molecule is CCCn1c(N2CCC(C)CC2)c(C=C2SC(=S)N(CCc3ccccc3)C2=O)c(C)c(C#N)c1=O. The number of nitriles is 1. The van der Waals surface area contributed by atoms with Crippen LogP contribution in [0.5, 0.6) is 0 Å². The molecule has 4 rings (SSSR count). The van der Waals surface area contributed by atoms with Crippen LogP contribution in [0.25, 0.3) is 6.08 Å². The summed E-state index contributed by atoms with van der Waals surface area (Å²) in [5.41, 5.74) is 2.44. The van der Waals surface area contributed by atoms with E-state index in [-0.39, 0.29) is 17.0 Å². The summed E-state index contributed by atoms with van der Waals surface area (Å²) in [6, 6.07) is 12.2. The largest absolute Gasteiger partial charge is 0.357 e. The maximum absolute atomic E-state index is 13.4. The summed E-state index contributed by atoms with van der Waals surface area (Å²) in [4.78, 5) is 31.2. The Hall–Kier alpha value is -2.89. The van der Waals surface area contributed by atoms with E-state index in [0.717, 1.165) is 55.7 Å². The zero-order valence-corrected chi connectivity index (χ0v) is 22.8. The zero-order valence-electron chi connectivity index (χ0n) is 21.1. The second-order valence-corrected chi connectivity index (χ2v) is 11.2. The van der Waals surface area contributed by atoms with E-state index in [1.54, 1.807) is 9.47 Å². The second-order valence-electron chi connectivity index (χ2n) is 9.54. The predicted molar refractivity (Wildman–Crippen MR) is 151 cm³/mol. The molecular formula is C28H32N4O2S2. The Labute approximate surface area is 222 Å². The van der Waals surface area contributed by atoms with Gasteiger partial charge in [-0.3, -0.25) is 19.1 Å². The molecule has 2 aromatic rings. The van der Waals surface area contributed by atoms with Gasteiger partial charge in [-0.15, -0.1) is 0 Å². The third-order valence-electron chi connectivity index (χ3n) is 6.99. The van der Waals surface area contributed by atoms with Crippen LogP contribution < -0.4 is 10.5 Å². The lowest BCUT2D eigenvalue weighted by molar-refractivity contribution is -0.122. The monoisotopic (exact) mass is 520 g/mol. The minimum absolute atomic E-state index is 0.120. The highest BCUT2D eigenvalue weighted by atomic mass is 32.2. The number of pyridine rings is 1. The molecule has 36 heavy (non-hydrogen) atoms. The molecule has 1 aromatic heterocycles. The number of amides is 1. The molecule has 0 atom stereocenters. The van der Waals surface area contributed by atoms with Crippen molar-refractivity contribution in [3.63, 3.8) is 0 Å². The van der Waals surface area contributed by atoms with Gasteiger partial charge in [-0.2, -0.15) is 5.26 Å². The Morgan fingerprint density at radius 2 is 1.86 bits per heavy atom. The molecule has 2 fully saturated rings. The van der Waals surface area contributed by atoms with Crippen LogP contribution in [0, 0.1) is 24.2 Å². The number of hydrogen-bond acceptors (Lipinski definition) is 6. The van der Waals surface area contributed by atoms with E-state index in [0.29, 0.717) is 33.8 Å². The third-order valence-corrected chi connectivity index (χ3v) is 8.37. The number of hydrogen-bond donors (Lipinski definition) is 0. The highest BCUT2D eigenvalue weighted by Crippen LogP contribution is 2.36. The number of anilines is 1. The van der Waals surface area contributed by atoms with Gasteiger partial charge in [0.15, 0.2) is 0 Å². The van der Waals surface area contributed by atoms with Crippen molar-refractivity contribution in [3.8, 4) is 6.07 Å². The summed E-state index contributed by atoms with van der Waals surface area (Å²) < 4.78 is 2.28. The van der Waals surface area contributed by atoms with Crippen molar-refractivity contribution >= 4 is 46.1 Å². The van der Waals surface area contributed by atoms with Crippen LogP contribution in [0.1, 0.15) is 55.4 Å². The topological polar surface area (TPSA) is 69.3 Å². The number of benzene rings is 1. The van der Waals surface area contributed by atoms with Crippen LogP contribution in [0.4, 0.5) is 5.82 Å². The molecule has 0 unspecified atom stereocenters. The Kier molecular flexibility index (Phi) is 8.32. The van der Waals surface area contributed by atoms with Crippen molar-refractivity contribution in [1.29, 1.82) is 5.26 Å². The Balaban J connectivity index is 1.75. The van der Waals surface area contributed by atoms with E-state index >= 15 is 0 Å². The maximum atomic E-state index is 13.4. The number of aromatic nitrogens is 1. The Morgan fingerprint density at radius 1 is 1.17 bits per heavy atom. The van der Waals surface area contributed by atoms with Crippen molar-refractivity contribution in [3.05, 3.63) is 67.8 Å². The highest BCUT2D eigenvalue weighted by molar-refractivity contribution is 8.26. The molecule has 2 aliphatic rings. The average Bonchev–Trinajstić information content (AvgIpc) is 3.14. The average molecular weight is 521 g/mol. The number of carbonyl (C=O) groups is 1. The summed E-state index contributed by atoms with van der Waals surface area (Å²) in [5, 5.41) is 9.83. The molecule has 1 aromatic carbocycles. The molecule has 188 valence electrons. The summed E-state index contributed by atoms with van der Waals surface area (Å²) in [5.74, 6) is 1.33. The fourth-order valence-electron chi connectivity index (χ4n) is 4.85. The normalized spacial score (nSPS) is 17.8. The fraction of sp³-hybridized carbons (Fsp3) is 0.429. The molecule has 1 amide bonds. The number of thiocarbonyl (C=S) groups is 1. The lowest BCUT2D eigenvalue weighted by Crippen LogP contribution is -2.39. The second kappa shape index (κ2) is 11.4. The Bertz CT molecular complexity index is 1290. The van der Waals surface area contributed by atoms with E-state index in [1.807, 2.05) is 50.3 Å². The molecule has 0 aliphatic carbocycles. The van der Waals surface area contributed by atoms with Gasteiger partial charge in [-0.1, -0.05) is 68.2 Å². The standard InChI is InChI=1S/C28H32N4O2S2/c1-4-13-31-25(30-14-10-19(2)11-15-30)22(20(3)23(18-29)26(31)33)17-24-27(34)32(28(35)36-24)16-12-21-8-6-5-7-9-21/h5-9,17,19H,4,10-16H2,1-3H3. The molecule has 0 N–H and O–H groups in total. The number of carbonyl (C=O) groups excluding carboxylic acids is 1. The molecule has 2 aliphatic heterocycles. The minimum atomic E-state index is -0.252. The third kappa shape index (κ3) is 5.28.